The lowest BCUT2D eigenvalue weighted by Crippen LogP contribution is -2.39. The summed E-state index contributed by atoms with van der Waals surface area (Å²) in [5, 5.41) is 1.94. The molecule has 1 aromatic carbocycles. The second-order valence-electron chi connectivity index (χ2n) is 3.56. The smallest absolute Gasteiger partial charge is 0.123 e. The highest BCUT2D eigenvalue weighted by molar-refractivity contribution is 5.49. The van der Waals surface area contributed by atoms with Crippen LogP contribution in [0.1, 0.15) is 13.3 Å². The zero-order valence-electron chi connectivity index (χ0n) is 8.57. The summed E-state index contributed by atoms with van der Waals surface area (Å²) in [6, 6.07) is 6.58. The molecular formula is C11H14FN3. The predicted molar refractivity (Wildman–Crippen MR) is 58.4 cm³/mol. The minimum Gasteiger partial charge on any atom is -0.384 e. The molecule has 0 aliphatic carbocycles. The van der Waals surface area contributed by atoms with Crippen molar-refractivity contribution in [2.24, 2.45) is 5.73 Å². The molecule has 2 rings (SSSR count). The van der Waals surface area contributed by atoms with Gasteiger partial charge in [-0.2, -0.15) is 0 Å². The first-order valence-electron chi connectivity index (χ1n) is 4.99. The van der Waals surface area contributed by atoms with Gasteiger partial charge in [-0.3, -0.25) is 10.4 Å². The fourth-order valence-electron chi connectivity index (χ4n) is 1.70. The van der Waals surface area contributed by atoms with Crippen LogP contribution in [0.5, 0.6) is 0 Å². The van der Waals surface area contributed by atoms with Gasteiger partial charge in [0.1, 0.15) is 11.6 Å². The van der Waals surface area contributed by atoms with Crippen molar-refractivity contribution >= 4 is 5.69 Å². The highest BCUT2D eigenvalue weighted by atomic mass is 19.1. The number of nitrogens with two attached hydrogens (primary N) is 1. The molecule has 0 bridgehead atoms. The minimum atomic E-state index is -0.230. The lowest BCUT2D eigenvalue weighted by atomic mass is 10.2. The van der Waals surface area contributed by atoms with Gasteiger partial charge in [0.05, 0.1) is 11.7 Å². The summed E-state index contributed by atoms with van der Waals surface area (Å²) >= 11 is 0. The van der Waals surface area contributed by atoms with Gasteiger partial charge in [-0.05, 0) is 36.8 Å². The molecule has 3 N–H and O–H groups in total. The quantitative estimate of drug-likeness (QED) is 0.776. The first-order valence-corrected chi connectivity index (χ1v) is 4.99. The Balaban J connectivity index is 2.21. The summed E-state index contributed by atoms with van der Waals surface area (Å²) in [4.78, 5) is 0. The van der Waals surface area contributed by atoms with Crippen molar-refractivity contribution in [2.45, 2.75) is 19.4 Å². The van der Waals surface area contributed by atoms with E-state index in [1.807, 2.05) is 11.1 Å². The summed E-state index contributed by atoms with van der Waals surface area (Å²) in [5.74, 6) is 0.415. The van der Waals surface area contributed by atoms with Gasteiger partial charge in [-0.15, -0.1) is 0 Å². The van der Waals surface area contributed by atoms with E-state index in [0.717, 1.165) is 12.1 Å². The Morgan fingerprint density at radius 2 is 2.07 bits per heavy atom. The summed E-state index contributed by atoms with van der Waals surface area (Å²) in [6.45, 7) is 2.08. The van der Waals surface area contributed by atoms with Crippen LogP contribution in [-0.2, 0) is 0 Å². The number of hydrogen-bond acceptors (Lipinski definition) is 3. The molecule has 1 heterocycles. The molecule has 3 nitrogen and oxygen atoms in total. The van der Waals surface area contributed by atoms with Crippen molar-refractivity contribution in [3.8, 4) is 0 Å². The maximum absolute atomic E-state index is 12.8. The molecule has 80 valence electrons. The Kier molecular flexibility index (Phi) is 2.49. The monoisotopic (exact) mass is 207 g/mol. The molecule has 0 saturated heterocycles. The zero-order valence-corrected chi connectivity index (χ0v) is 8.57. The van der Waals surface area contributed by atoms with Crippen molar-refractivity contribution < 1.29 is 4.39 Å². The van der Waals surface area contributed by atoms with Crippen LogP contribution in [0, 0.1) is 5.82 Å². The minimum absolute atomic E-state index is 0.230. The van der Waals surface area contributed by atoms with E-state index in [-0.39, 0.29) is 11.9 Å². The first-order chi connectivity index (χ1) is 7.20. The molecular weight excluding hydrogens is 193 g/mol. The second-order valence-corrected chi connectivity index (χ2v) is 3.56. The van der Waals surface area contributed by atoms with Crippen LogP contribution >= 0.6 is 0 Å². The largest absolute Gasteiger partial charge is 0.384 e. The Morgan fingerprint density at radius 1 is 1.40 bits per heavy atom. The third-order valence-electron chi connectivity index (χ3n) is 2.48. The third-order valence-corrected chi connectivity index (χ3v) is 2.48. The van der Waals surface area contributed by atoms with E-state index in [0.29, 0.717) is 5.82 Å². The van der Waals surface area contributed by atoms with Crippen LogP contribution in [0.3, 0.4) is 0 Å². The molecule has 1 aliphatic heterocycles. The van der Waals surface area contributed by atoms with Crippen molar-refractivity contribution in [2.75, 3.05) is 5.01 Å². The molecule has 1 aliphatic rings. The van der Waals surface area contributed by atoms with Gasteiger partial charge in [0.2, 0.25) is 0 Å². The predicted octanol–water partition coefficient (Wildman–Crippen LogP) is 1.73. The Morgan fingerprint density at radius 3 is 2.67 bits per heavy atom. The number of nitrogens with zero attached hydrogens (tertiary/aromatic N) is 1. The van der Waals surface area contributed by atoms with Gasteiger partial charge >= 0.3 is 0 Å². The molecule has 1 aromatic rings. The molecule has 0 aromatic heterocycles. The van der Waals surface area contributed by atoms with E-state index in [2.05, 4.69) is 12.3 Å². The molecule has 0 fully saturated rings. The number of rotatable bonds is 2. The Labute approximate surface area is 88.3 Å². The van der Waals surface area contributed by atoms with E-state index in [1.54, 1.807) is 12.1 Å². The van der Waals surface area contributed by atoms with Gasteiger partial charge in [0, 0.05) is 0 Å². The fourth-order valence-corrected chi connectivity index (χ4v) is 1.70. The van der Waals surface area contributed by atoms with Gasteiger partial charge in [0.15, 0.2) is 0 Å². The summed E-state index contributed by atoms with van der Waals surface area (Å²) in [6.07, 6.45) is 2.91. The van der Waals surface area contributed by atoms with Gasteiger partial charge < -0.3 is 5.73 Å². The zero-order chi connectivity index (χ0) is 10.8. The maximum atomic E-state index is 12.8. The number of hydrogen-bond donors (Lipinski definition) is 2. The van der Waals surface area contributed by atoms with Crippen LogP contribution in [0.25, 0.3) is 0 Å². The molecule has 1 atom stereocenters. The molecule has 0 spiro atoms. The highest BCUT2D eigenvalue weighted by Crippen LogP contribution is 2.21. The molecule has 1 unspecified atom stereocenters. The van der Waals surface area contributed by atoms with E-state index in [9.17, 15) is 4.39 Å². The molecule has 4 heteroatoms. The molecule has 0 amide bonds. The van der Waals surface area contributed by atoms with E-state index >= 15 is 0 Å². The number of halogens is 1. The number of anilines is 1. The summed E-state index contributed by atoms with van der Waals surface area (Å²) in [5.41, 5.74) is 9.65. The van der Waals surface area contributed by atoms with Crippen LogP contribution in [-0.4, -0.2) is 6.04 Å². The number of hydrazine groups is 1. The van der Waals surface area contributed by atoms with Gasteiger partial charge in [0.25, 0.3) is 0 Å². The van der Waals surface area contributed by atoms with Crippen molar-refractivity contribution in [3.05, 3.63) is 42.0 Å². The van der Waals surface area contributed by atoms with Gasteiger partial charge in [-0.25, -0.2) is 4.39 Å². The summed E-state index contributed by atoms with van der Waals surface area (Å²) < 4.78 is 12.8. The van der Waals surface area contributed by atoms with Gasteiger partial charge in [-0.1, -0.05) is 6.92 Å². The molecule has 0 radical (unpaired) electrons. The first kappa shape index (κ1) is 9.83. The maximum Gasteiger partial charge on any atom is 0.123 e. The number of benzene rings is 1. The summed E-state index contributed by atoms with van der Waals surface area (Å²) in [7, 11) is 0. The van der Waals surface area contributed by atoms with E-state index in [4.69, 9.17) is 5.73 Å². The topological polar surface area (TPSA) is 41.3 Å². The SMILES string of the molecule is CCC1C=C(N)NN1c1ccc(F)cc1. The van der Waals surface area contributed by atoms with Crippen LogP contribution < -0.4 is 16.2 Å². The molecule has 0 saturated carbocycles. The highest BCUT2D eigenvalue weighted by Gasteiger charge is 2.21. The normalized spacial score (nSPS) is 20.0. The Bertz CT molecular complexity index is 372. The average Bonchev–Trinajstić information content (AvgIpc) is 2.61. The fraction of sp³-hybridized carbons (Fsp3) is 0.273. The lowest BCUT2D eigenvalue weighted by molar-refractivity contribution is 0.623. The average molecular weight is 207 g/mol. The van der Waals surface area contributed by atoms with Crippen LogP contribution in [0.2, 0.25) is 0 Å². The van der Waals surface area contributed by atoms with E-state index in [1.165, 1.54) is 12.1 Å². The van der Waals surface area contributed by atoms with Crippen molar-refractivity contribution in [1.29, 1.82) is 0 Å². The van der Waals surface area contributed by atoms with Crippen molar-refractivity contribution in [1.82, 2.24) is 5.43 Å². The second kappa shape index (κ2) is 3.81. The lowest BCUT2D eigenvalue weighted by Gasteiger charge is -2.25. The Hall–Kier alpha value is -1.71. The van der Waals surface area contributed by atoms with E-state index < -0.39 is 0 Å². The van der Waals surface area contributed by atoms with Crippen molar-refractivity contribution in [3.63, 3.8) is 0 Å². The standard InChI is InChI=1S/C11H14FN3/c1-2-9-7-11(13)14-15(9)10-5-3-8(12)4-6-10/h3-7,9,14H,2,13H2,1H3. The van der Waals surface area contributed by atoms with Crippen LogP contribution in [0.15, 0.2) is 36.2 Å². The number of nitrogens with one attached hydrogen (secondary N) is 1. The third kappa shape index (κ3) is 1.88. The van der Waals surface area contributed by atoms with Crippen LogP contribution in [0.4, 0.5) is 10.1 Å². The molecule has 15 heavy (non-hydrogen) atoms.